The van der Waals surface area contributed by atoms with E-state index in [-0.39, 0.29) is 0 Å². The van der Waals surface area contributed by atoms with Crippen LogP contribution in [0.2, 0.25) is 10.0 Å². The Morgan fingerprint density at radius 3 is 2.60 bits per heavy atom. The van der Waals surface area contributed by atoms with Crippen LogP contribution in [0.1, 0.15) is 5.56 Å². The number of halogens is 2. The lowest BCUT2D eigenvalue weighted by molar-refractivity contribution is 0.297. The van der Waals surface area contributed by atoms with E-state index in [1.54, 1.807) is 12.1 Å². The second-order valence-electron chi connectivity index (χ2n) is 4.24. The fraction of sp³-hybridized carbons (Fsp3) is 0.0667. The van der Waals surface area contributed by atoms with Crippen LogP contribution in [0.3, 0.4) is 0 Å². The van der Waals surface area contributed by atoms with Gasteiger partial charge in [-0.25, -0.2) is 9.97 Å². The van der Waals surface area contributed by atoms with Crippen molar-refractivity contribution in [2.45, 2.75) is 6.61 Å². The Morgan fingerprint density at radius 2 is 1.80 bits per heavy atom. The topological polar surface area (TPSA) is 35.0 Å². The smallest absolute Gasteiger partial charge is 0.224 e. The van der Waals surface area contributed by atoms with E-state index in [2.05, 4.69) is 9.97 Å². The third-order valence-corrected chi connectivity index (χ3v) is 3.35. The average Bonchev–Trinajstić information content (AvgIpc) is 2.46. The summed E-state index contributed by atoms with van der Waals surface area (Å²) in [6, 6.07) is 13.3. The molecular formula is C15H10Cl2N2O. The molecule has 3 aromatic rings. The number of benzene rings is 2. The molecule has 20 heavy (non-hydrogen) atoms. The van der Waals surface area contributed by atoms with Gasteiger partial charge in [0.1, 0.15) is 12.9 Å². The summed E-state index contributed by atoms with van der Waals surface area (Å²) in [5.74, 6) is 0.475. The first kappa shape index (κ1) is 13.2. The van der Waals surface area contributed by atoms with Gasteiger partial charge in [0.25, 0.3) is 0 Å². The van der Waals surface area contributed by atoms with Crippen LogP contribution < -0.4 is 4.74 Å². The minimum absolute atomic E-state index is 0.428. The molecule has 0 spiro atoms. The van der Waals surface area contributed by atoms with Crippen LogP contribution in [0, 0.1) is 0 Å². The minimum Gasteiger partial charge on any atom is -0.472 e. The Morgan fingerprint density at radius 1 is 1.00 bits per heavy atom. The van der Waals surface area contributed by atoms with Gasteiger partial charge in [-0.1, -0.05) is 53.5 Å². The molecule has 0 aliphatic carbocycles. The monoisotopic (exact) mass is 304 g/mol. The molecule has 0 aliphatic heterocycles. The Balaban J connectivity index is 1.95. The standard InChI is InChI=1S/C15H10Cl2N2O/c16-11-6-12-14(13(17)7-11)18-9-19-15(12)20-8-10-4-2-1-3-5-10/h1-7,9H,8H2. The molecule has 0 bridgehead atoms. The highest BCUT2D eigenvalue weighted by Gasteiger charge is 2.09. The van der Waals surface area contributed by atoms with Crippen LogP contribution in [0.15, 0.2) is 48.8 Å². The predicted octanol–water partition coefficient (Wildman–Crippen LogP) is 4.52. The van der Waals surface area contributed by atoms with Gasteiger partial charge in [-0.3, -0.25) is 0 Å². The summed E-state index contributed by atoms with van der Waals surface area (Å²) in [6.45, 7) is 0.428. The van der Waals surface area contributed by atoms with Gasteiger partial charge in [-0.2, -0.15) is 0 Å². The van der Waals surface area contributed by atoms with Crippen LogP contribution in [0.5, 0.6) is 5.88 Å². The maximum atomic E-state index is 6.12. The number of hydrogen-bond donors (Lipinski definition) is 0. The number of fused-ring (bicyclic) bond motifs is 1. The van der Waals surface area contributed by atoms with Gasteiger partial charge in [0.2, 0.25) is 5.88 Å². The van der Waals surface area contributed by atoms with Crippen LogP contribution >= 0.6 is 23.2 Å². The SMILES string of the molecule is Clc1cc(Cl)c2ncnc(OCc3ccccc3)c2c1. The lowest BCUT2D eigenvalue weighted by Gasteiger charge is -2.08. The van der Waals surface area contributed by atoms with Gasteiger partial charge < -0.3 is 4.74 Å². The van der Waals surface area contributed by atoms with E-state index >= 15 is 0 Å². The molecule has 0 amide bonds. The molecule has 0 fully saturated rings. The highest BCUT2D eigenvalue weighted by molar-refractivity contribution is 6.38. The summed E-state index contributed by atoms with van der Waals surface area (Å²) in [7, 11) is 0. The third-order valence-electron chi connectivity index (χ3n) is 2.84. The zero-order chi connectivity index (χ0) is 13.9. The van der Waals surface area contributed by atoms with Crippen molar-refractivity contribution in [1.82, 2.24) is 9.97 Å². The Bertz CT molecular complexity index is 747. The lowest BCUT2D eigenvalue weighted by Crippen LogP contribution is -1.98. The minimum atomic E-state index is 0.428. The number of hydrogen-bond acceptors (Lipinski definition) is 3. The summed E-state index contributed by atoms with van der Waals surface area (Å²) in [6.07, 6.45) is 1.43. The largest absolute Gasteiger partial charge is 0.472 e. The molecule has 2 aromatic carbocycles. The summed E-state index contributed by atoms with van der Waals surface area (Å²) >= 11 is 12.1. The first-order valence-electron chi connectivity index (χ1n) is 6.00. The number of aromatic nitrogens is 2. The summed E-state index contributed by atoms with van der Waals surface area (Å²) in [5.41, 5.74) is 1.70. The van der Waals surface area contributed by atoms with E-state index in [1.165, 1.54) is 6.33 Å². The normalized spacial score (nSPS) is 10.7. The Hall–Kier alpha value is -1.84. The van der Waals surface area contributed by atoms with Gasteiger partial charge >= 0.3 is 0 Å². The highest BCUT2D eigenvalue weighted by Crippen LogP contribution is 2.31. The molecule has 5 heteroatoms. The molecule has 3 nitrogen and oxygen atoms in total. The van der Waals surface area contributed by atoms with E-state index in [0.29, 0.717) is 33.4 Å². The summed E-state index contributed by atoms with van der Waals surface area (Å²) in [5, 5.41) is 1.72. The lowest BCUT2D eigenvalue weighted by atomic mass is 10.2. The molecule has 1 heterocycles. The maximum absolute atomic E-state index is 6.12. The van der Waals surface area contributed by atoms with Gasteiger partial charge in [0, 0.05) is 5.02 Å². The van der Waals surface area contributed by atoms with Crippen molar-refractivity contribution < 1.29 is 4.74 Å². The molecule has 0 radical (unpaired) electrons. The molecule has 0 saturated heterocycles. The van der Waals surface area contributed by atoms with E-state index in [0.717, 1.165) is 5.56 Å². The zero-order valence-electron chi connectivity index (χ0n) is 10.4. The van der Waals surface area contributed by atoms with Crippen molar-refractivity contribution in [2.75, 3.05) is 0 Å². The first-order chi connectivity index (χ1) is 9.74. The van der Waals surface area contributed by atoms with Crippen LogP contribution in [0.25, 0.3) is 10.9 Å². The van der Waals surface area contributed by atoms with Crippen molar-refractivity contribution in [2.24, 2.45) is 0 Å². The summed E-state index contributed by atoms with van der Waals surface area (Å²) in [4.78, 5) is 8.31. The maximum Gasteiger partial charge on any atom is 0.224 e. The second-order valence-corrected chi connectivity index (χ2v) is 5.08. The molecule has 0 unspecified atom stereocenters. The predicted molar refractivity (Wildman–Crippen MR) is 80.3 cm³/mol. The van der Waals surface area contributed by atoms with Crippen molar-refractivity contribution >= 4 is 34.1 Å². The van der Waals surface area contributed by atoms with Crippen molar-refractivity contribution in [3.8, 4) is 5.88 Å². The van der Waals surface area contributed by atoms with Crippen LogP contribution in [0.4, 0.5) is 0 Å². The zero-order valence-corrected chi connectivity index (χ0v) is 11.9. The fourth-order valence-electron chi connectivity index (χ4n) is 1.91. The highest BCUT2D eigenvalue weighted by atomic mass is 35.5. The van der Waals surface area contributed by atoms with E-state index in [4.69, 9.17) is 27.9 Å². The quantitative estimate of drug-likeness (QED) is 0.714. The van der Waals surface area contributed by atoms with Crippen molar-refractivity contribution in [3.05, 3.63) is 64.4 Å². The molecule has 1 aromatic heterocycles. The van der Waals surface area contributed by atoms with E-state index < -0.39 is 0 Å². The third kappa shape index (κ3) is 2.69. The molecule has 0 N–H and O–H groups in total. The second kappa shape index (κ2) is 5.65. The van der Waals surface area contributed by atoms with Gasteiger partial charge in [-0.15, -0.1) is 0 Å². The molecule has 0 atom stereocenters. The molecule has 0 aliphatic rings. The molecular weight excluding hydrogens is 295 g/mol. The molecule has 100 valence electrons. The van der Waals surface area contributed by atoms with Gasteiger partial charge in [0.05, 0.1) is 15.9 Å². The molecule has 3 rings (SSSR count). The molecule has 0 saturated carbocycles. The Kier molecular flexibility index (Phi) is 3.72. The van der Waals surface area contributed by atoms with Crippen molar-refractivity contribution in [1.29, 1.82) is 0 Å². The average molecular weight is 305 g/mol. The van der Waals surface area contributed by atoms with Crippen LogP contribution in [-0.2, 0) is 6.61 Å². The summed E-state index contributed by atoms with van der Waals surface area (Å²) < 4.78 is 5.75. The van der Waals surface area contributed by atoms with Crippen molar-refractivity contribution in [3.63, 3.8) is 0 Å². The van der Waals surface area contributed by atoms with E-state index in [9.17, 15) is 0 Å². The van der Waals surface area contributed by atoms with Crippen LogP contribution in [-0.4, -0.2) is 9.97 Å². The number of nitrogens with zero attached hydrogens (tertiary/aromatic N) is 2. The Labute approximate surface area is 126 Å². The van der Waals surface area contributed by atoms with Gasteiger partial charge in [0.15, 0.2) is 0 Å². The number of ether oxygens (including phenoxy) is 1. The fourth-order valence-corrected chi connectivity index (χ4v) is 2.45. The van der Waals surface area contributed by atoms with E-state index in [1.807, 2.05) is 30.3 Å². The van der Waals surface area contributed by atoms with Gasteiger partial charge in [-0.05, 0) is 17.7 Å². The first-order valence-corrected chi connectivity index (χ1v) is 6.76. The number of rotatable bonds is 3.